The summed E-state index contributed by atoms with van der Waals surface area (Å²) >= 11 is 0. The number of fused-ring (bicyclic) bond motifs is 1. The highest BCUT2D eigenvalue weighted by Gasteiger charge is 2.19. The number of nitrogens with zero attached hydrogens (tertiary/aromatic N) is 4. The minimum absolute atomic E-state index is 0.0139. The largest absolute Gasteiger partial charge is 0.356 e. The quantitative estimate of drug-likeness (QED) is 0.862. The molecule has 2 aromatic rings. The van der Waals surface area contributed by atoms with E-state index in [0.29, 0.717) is 18.2 Å². The number of anilines is 1. The van der Waals surface area contributed by atoms with Gasteiger partial charge in [0.1, 0.15) is 12.1 Å². The molecule has 0 spiro atoms. The number of carbonyl (C=O) groups excluding carboxylic acids is 1. The fraction of sp³-hybridized carbons (Fsp3) is 0.591. The Bertz CT molecular complexity index is 818. The molecule has 28 heavy (non-hydrogen) atoms. The lowest BCUT2D eigenvalue weighted by molar-refractivity contribution is 0.0938. The molecule has 150 valence electrons. The van der Waals surface area contributed by atoms with Gasteiger partial charge in [-0.05, 0) is 63.8 Å². The molecule has 1 aromatic carbocycles. The average Bonchev–Trinajstić information content (AvgIpc) is 2.75. The molecule has 6 heteroatoms. The van der Waals surface area contributed by atoms with Gasteiger partial charge >= 0.3 is 0 Å². The van der Waals surface area contributed by atoms with Crippen LogP contribution in [-0.4, -0.2) is 59.5 Å². The SMILES string of the molecule is C[C@@H]1CCCCN1CCNC(=O)c1ccc2ncnc(N3CCCCC3)c2c1. The number of nitrogens with one attached hydrogen (secondary N) is 1. The summed E-state index contributed by atoms with van der Waals surface area (Å²) < 4.78 is 0. The van der Waals surface area contributed by atoms with Crippen LogP contribution in [-0.2, 0) is 0 Å². The van der Waals surface area contributed by atoms with E-state index in [1.54, 1.807) is 6.33 Å². The summed E-state index contributed by atoms with van der Waals surface area (Å²) in [5.74, 6) is 0.946. The third-order valence-electron chi connectivity index (χ3n) is 6.16. The number of hydrogen-bond donors (Lipinski definition) is 1. The van der Waals surface area contributed by atoms with Crippen LogP contribution in [0, 0.1) is 0 Å². The van der Waals surface area contributed by atoms with Gasteiger partial charge in [0.25, 0.3) is 5.91 Å². The molecular formula is C22H31N5O. The van der Waals surface area contributed by atoms with Crippen molar-refractivity contribution in [2.24, 2.45) is 0 Å². The summed E-state index contributed by atoms with van der Waals surface area (Å²) in [4.78, 5) is 26.5. The lowest BCUT2D eigenvalue weighted by Crippen LogP contribution is -2.42. The molecule has 3 heterocycles. The first-order chi connectivity index (χ1) is 13.7. The first-order valence-electron chi connectivity index (χ1n) is 10.7. The molecule has 0 radical (unpaired) electrons. The number of aromatic nitrogens is 2. The Kier molecular flexibility index (Phi) is 6.05. The maximum absolute atomic E-state index is 12.7. The van der Waals surface area contributed by atoms with Crippen LogP contribution in [0.3, 0.4) is 0 Å². The Hall–Kier alpha value is -2.21. The lowest BCUT2D eigenvalue weighted by atomic mass is 10.0. The van der Waals surface area contributed by atoms with Crippen LogP contribution >= 0.6 is 0 Å². The van der Waals surface area contributed by atoms with Crippen molar-refractivity contribution in [3.63, 3.8) is 0 Å². The Balaban J connectivity index is 1.45. The summed E-state index contributed by atoms with van der Waals surface area (Å²) in [6.45, 7) is 7.08. The summed E-state index contributed by atoms with van der Waals surface area (Å²) in [5, 5.41) is 4.07. The highest BCUT2D eigenvalue weighted by molar-refractivity contribution is 6.00. The maximum atomic E-state index is 12.7. The molecule has 1 aromatic heterocycles. The molecule has 1 amide bonds. The smallest absolute Gasteiger partial charge is 0.251 e. The highest BCUT2D eigenvalue weighted by atomic mass is 16.1. The van der Waals surface area contributed by atoms with Crippen molar-refractivity contribution in [3.05, 3.63) is 30.1 Å². The van der Waals surface area contributed by atoms with Gasteiger partial charge in [-0.1, -0.05) is 6.42 Å². The molecular weight excluding hydrogens is 350 g/mol. The van der Waals surface area contributed by atoms with E-state index in [1.807, 2.05) is 18.2 Å². The van der Waals surface area contributed by atoms with Crippen molar-refractivity contribution in [1.82, 2.24) is 20.2 Å². The van der Waals surface area contributed by atoms with E-state index < -0.39 is 0 Å². The lowest BCUT2D eigenvalue weighted by Gasteiger charge is -2.33. The van der Waals surface area contributed by atoms with Crippen LogP contribution < -0.4 is 10.2 Å². The molecule has 0 aliphatic carbocycles. The van der Waals surface area contributed by atoms with E-state index in [2.05, 4.69) is 32.0 Å². The zero-order chi connectivity index (χ0) is 19.3. The molecule has 1 atom stereocenters. The second-order valence-electron chi connectivity index (χ2n) is 8.11. The number of likely N-dealkylation sites (tertiary alicyclic amines) is 1. The van der Waals surface area contributed by atoms with Crippen LogP contribution in [0.4, 0.5) is 5.82 Å². The minimum Gasteiger partial charge on any atom is -0.356 e. The van der Waals surface area contributed by atoms with Crippen molar-refractivity contribution >= 4 is 22.6 Å². The molecule has 2 aliphatic rings. The Morgan fingerprint density at radius 1 is 1.11 bits per heavy atom. The van der Waals surface area contributed by atoms with Crippen molar-refractivity contribution < 1.29 is 4.79 Å². The second kappa shape index (κ2) is 8.86. The fourth-order valence-electron chi connectivity index (χ4n) is 4.45. The van der Waals surface area contributed by atoms with Gasteiger partial charge < -0.3 is 10.2 Å². The third-order valence-corrected chi connectivity index (χ3v) is 6.16. The minimum atomic E-state index is -0.0139. The number of rotatable bonds is 5. The van der Waals surface area contributed by atoms with Gasteiger partial charge in [-0.15, -0.1) is 0 Å². The summed E-state index contributed by atoms with van der Waals surface area (Å²) in [7, 11) is 0. The molecule has 4 rings (SSSR count). The molecule has 2 fully saturated rings. The molecule has 0 bridgehead atoms. The van der Waals surface area contributed by atoms with Crippen molar-refractivity contribution in [3.8, 4) is 0 Å². The predicted molar refractivity (Wildman–Crippen MR) is 113 cm³/mol. The third kappa shape index (κ3) is 4.27. The number of piperidine rings is 2. The van der Waals surface area contributed by atoms with E-state index in [0.717, 1.165) is 42.9 Å². The van der Waals surface area contributed by atoms with Crippen LogP contribution in [0.15, 0.2) is 24.5 Å². The predicted octanol–water partition coefficient (Wildman–Crippen LogP) is 3.22. The van der Waals surface area contributed by atoms with Crippen molar-refractivity contribution in [2.75, 3.05) is 37.6 Å². The van der Waals surface area contributed by atoms with Crippen LogP contribution in [0.25, 0.3) is 10.9 Å². The van der Waals surface area contributed by atoms with Gasteiger partial charge in [-0.25, -0.2) is 9.97 Å². The van der Waals surface area contributed by atoms with E-state index >= 15 is 0 Å². The van der Waals surface area contributed by atoms with Gasteiger partial charge in [-0.2, -0.15) is 0 Å². The van der Waals surface area contributed by atoms with Gasteiger partial charge in [0.05, 0.1) is 5.52 Å². The van der Waals surface area contributed by atoms with Crippen LogP contribution in [0.2, 0.25) is 0 Å². The number of carbonyl (C=O) groups is 1. The molecule has 6 nitrogen and oxygen atoms in total. The standard InChI is InChI=1S/C22H31N5O/c1-17-7-3-6-11-26(17)14-10-23-22(28)18-8-9-20-19(15-18)21(25-16-24-20)27-12-4-2-5-13-27/h8-9,15-17H,2-7,10-14H2,1H3,(H,23,28)/t17-/m1/s1. The Morgan fingerprint density at radius 2 is 1.93 bits per heavy atom. The van der Waals surface area contributed by atoms with Gasteiger partial charge in [-0.3, -0.25) is 9.69 Å². The molecule has 2 saturated heterocycles. The summed E-state index contributed by atoms with van der Waals surface area (Å²) in [6.07, 6.45) is 9.15. The Morgan fingerprint density at radius 3 is 2.75 bits per heavy atom. The zero-order valence-electron chi connectivity index (χ0n) is 16.9. The van der Waals surface area contributed by atoms with Crippen molar-refractivity contribution in [1.29, 1.82) is 0 Å². The van der Waals surface area contributed by atoms with Crippen LogP contribution in [0.1, 0.15) is 55.8 Å². The van der Waals surface area contributed by atoms with Crippen molar-refractivity contribution in [2.45, 2.75) is 51.5 Å². The van der Waals surface area contributed by atoms with Crippen LogP contribution in [0.5, 0.6) is 0 Å². The van der Waals surface area contributed by atoms with E-state index in [1.165, 1.54) is 38.5 Å². The molecule has 2 aliphatic heterocycles. The van der Waals surface area contributed by atoms with Gasteiger partial charge in [0.15, 0.2) is 0 Å². The molecule has 1 N–H and O–H groups in total. The van der Waals surface area contributed by atoms with E-state index in [-0.39, 0.29) is 5.91 Å². The second-order valence-corrected chi connectivity index (χ2v) is 8.11. The number of amides is 1. The molecule has 0 saturated carbocycles. The zero-order valence-corrected chi connectivity index (χ0v) is 16.9. The summed E-state index contributed by atoms with van der Waals surface area (Å²) in [6, 6.07) is 6.38. The first-order valence-corrected chi connectivity index (χ1v) is 10.7. The normalized spacial score (nSPS) is 21.0. The monoisotopic (exact) mass is 381 g/mol. The fourth-order valence-corrected chi connectivity index (χ4v) is 4.45. The Labute approximate surface area is 167 Å². The average molecular weight is 382 g/mol. The molecule has 0 unspecified atom stereocenters. The number of benzene rings is 1. The van der Waals surface area contributed by atoms with E-state index in [4.69, 9.17) is 0 Å². The first kappa shape index (κ1) is 19.1. The summed E-state index contributed by atoms with van der Waals surface area (Å²) in [5.41, 5.74) is 1.58. The highest BCUT2D eigenvalue weighted by Crippen LogP contribution is 2.26. The van der Waals surface area contributed by atoms with Gasteiger partial charge in [0, 0.05) is 43.2 Å². The van der Waals surface area contributed by atoms with E-state index in [9.17, 15) is 4.79 Å². The maximum Gasteiger partial charge on any atom is 0.251 e. The topological polar surface area (TPSA) is 61.4 Å². The van der Waals surface area contributed by atoms with Gasteiger partial charge in [0.2, 0.25) is 0 Å². The number of hydrogen-bond acceptors (Lipinski definition) is 5.